The summed E-state index contributed by atoms with van der Waals surface area (Å²) in [5.74, 6) is -1.53. The lowest BCUT2D eigenvalue weighted by Crippen LogP contribution is -2.52. The topological polar surface area (TPSA) is 87.7 Å². The first kappa shape index (κ1) is 17.8. The summed E-state index contributed by atoms with van der Waals surface area (Å²) in [7, 11) is 0. The largest absolute Gasteiger partial charge is 0.481 e. The third-order valence-corrected chi connectivity index (χ3v) is 4.62. The van der Waals surface area contributed by atoms with E-state index in [4.69, 9.17) is 9.84 Å². The smallest absolute Gasteiger partial charge is 0.315 e. The predicted octanol–water partition coefficient (Wildman–Crippen LogP) is 2.13. The van der Waals surface area contributed by atoms with E-state index in [1.807, 2.05) is 0 Å². The van der Waals surface area contributed by atoms with Crippen LogP contribution in [-0.2, 0) is 9.53 Å². The highest BCUT2D eigenvalue weighted by Crippen LogP contribution is 2.31. The molecular formula is C15H28N2O4. The summed E-state index contributed by atoms with van der Waals surface area (Å²) in [5.41, 5.74) is -0.143. The molecule has 3 atom stereocenters. The monoisotopic (exact) mass is 300 g/mol. The lowest BCUT2D eigenvalue weighted by Gasteiger charge is -2.40. The van der Waals surface area contributed by atoms with E-state index < -0.39 is 17.9 Å². The molecule has 1 aliphatic heterocycles. The van der Waals surface area contributed by atoms with Gasteiger partial charge in [-0.05, 0) is 39.5 Å². The SMILES string of the molecule is CCC1(CC)CC(NC(=O)NC(C)C(C)C(=O)O)CCO1. The molecule has 1 heterocycles. The number of rotatable bonds is 6. The quantitative estimate of drug-likeness (QED) is 0.701. The van der Waals surface area contributed by atoms with Crippen molar-refractivity contribution in [3.63, 3.8) is 0 Å². The number of carboxylic acid groups (broad SMARTS) is 1. The summed E-state index contributed by atoms with van der Waals surface area (Å²) in [5, 5.41) is 14.6. The Morgan fingerprint density at radius 3 is 2.48 bits per heavy atom. The van der Waals surface area contributed by atoms with Gasteiger partial charge >= 0.3 is 12.0 Å². The fourth-order valence-corrected chi connectivity index (χ4v) is 2.67. The molecule has 3 unspecified atom stereocenters. The molecule has 122 valence electrons. The minimum absolute atomic E-state index is 0.0750. The Kier molecular flexibility index (Phi) is 6.45. The van der Waals surface area contributed by atoms with Gasteiger partial charge in [-0.3, -0.25) is 4.79 Å². The molecule has 0 aromatic rings. The minimum atomic E-state index is -0.912. The predicted molar refractivity (Wildman–Crippen MR) is 80.2 cm³/mol. The molecule has 0 radical (unpaired) electrons. The van der Waals surface area contributed by atoms with E-state index in [-0.39, 0.29) is 17.7 Å². The van der Waals surface area contributed by atoms with Crippen LogP contribution in [0.2, 0.25) is 0 Å². The lowest BCUT2D eigenvalue weighted by atomic mass is 9.86. The maximum absolute atomic E-state index is 12.0. The molecule has 0 aromatic heterocycles. The van der Waals surface area contributed by atoms with Crippen LogP contribution in [0.4, 0.5) is 4.79 Å². The first-order chi connectivity index (χ1) is 9.83. The Labute approximate surface area is 126 Å². The van der Waals surface area contributed by atoms with E-state index in [9.17, 15) is 9.59 Å². The van der Waals surface area contributed by atoms with Gasteiger partial charge in [0.05, 0.1) is 11.5 Å². The molecule has 0 aromatic carbocycles. The molecule has 0 saturated carbocycles. The van der Waals surface area contributed by atoms with Crippen molar-refractivity contribution in [3.8, 4) is 0 Å². The number of aliphatic carboxylic acids is 1. The van der Waals surface area contributed by atoms with E-state index >= 15 is 0 Å². The van der Waals surface area contributed by atoms with Crippen molar-refractivity contribution >= 4 is 12.0 Å². The van der Waals surface area contributed by atoms with Gasteiger partial charge in [0.1, 0.15) is 0 Å². The van der Waals surface area contributed by atoms with Gasteiger partial charge in [-0.25, -0.2) is 4.79 Å². The van der Waals surface area contributed by atoms with Crippen LogP contribution < -0.4 is 10.6 Å². The minimum Gasteiger partial charge on any atom is -0.481 e. The molecule has 6 nitrogen and oxygen atoms in total. The highest BCUT2D eigenvalue weighted by molar-refractivity contribution is 5.76. The van der Waals surface area contributed by atoms with Gasteiger partial charge in [0.2, 0.25) is 0 Å². The normalized spacial score (nSPS) is 23.9. The second-order valence-corrected chi connectivity index (χ2v) is 5.96. The summed E-state index contributed by atoms with van der Waals surface area (Å²) in [6, 6.07) is -0.640. The highest BCUT2D eigenvalue weighted by Gasteiger charge is 2.35. The Morgan fingerprint density at radius 1 is 1.33 bits per heavy atom. The summed E-state index contributed by atoms with van der Waals surface area (Å²) in [4.78, 5) is 22.9. The van der Waals surface area contributed by atoms with Crippen molar-refractivity contribution < 1.29 is 19.4 Å². The molecule has 6 heteroatoms. The fourth-order valence-electron chi connectivity index (χ4n) is 2.67. The van der Waals surface area contributed by atoms with Gasteiger partial charge < -0.3 is 20.5 Å². The maximum Gasteiger partial charge on any atom is 0.315 e. The van der Waals surface area contributed by atoms with Crippen molar-refractivity contribution in [3.05, 3.63) is 0 Å². The van der Waals surface area contributed by atoms with Crippen LogP contribution >= 0.6 is 0 Å². The molecule has 0 aliphatic carbocycles. The second kappa shape index (κ2) is 7.64. The van der Waals surface area contributed by atoms with Crippen molar-refractivity contribution in [2.75, 3.05) is 6.61 Å². The fraction of sp³-hybridized carbons (Fsp3) is 0.867. The molecule has 0 spiro atoms. The maximum atomic E-state index is 12.0. The van der Waals surface area contributed by atoms with E-state index in [1.165, 1.54) is 0 Å². The standard InChI is InChI=1S/C15H28N2O4/c1-5-15(6-2)9-12(7-8-21-15)17-14(20)16-11(4)10(3)13(18)19/h10-12H,5-9H2,1-4H3,(H,18,19)(H2,16,17,20). The van der Waals surface area contributed by atoms with E-state index in [2.05, 4.69) is 24.5 Å². The third-order valence-electron chi connectivity index (χ3n) is 4.62. The summed E-state index contributed by atoms with van der Waals surface area (Å²) < 4.78 is 5.88. The Bertz CT molecular complexity index is 369. The number of nitrogens with one attached hydrogen (secondary N) is 2. The Hall–Kier alpha value is -1.30. The van der Waals surface area contributed by atoms with Gasteiger partial charge in [-0.15, -0.1) is 0 Å². The number of urea groups is 1. The molecule has 2 amide bonds. The number of amides is 2. The Morgan fingerprint density at radius 2 is 1.95 bits per heavy atom. The number of carboxylic acids is 1. The number of carbonyl (C=O) groups excluding carboxylic acids is 1. The number of hydrogen-bond acceptors (Lipinski definition) is 3. The molecule has 21 heavy (non-hydrogen) atoms. The first-order valence-corrected chi connectivity index (χ1v) is 7.77. The van der Waals surface area contributed by atoms with Gasteiger partial charge in [0.25, 0.3) is 0 Å². The molecule has 0 bridgehead atoms. The van der Waals surface area contributed by atoms with Crippen molar-refractivity contribution in [1.29, 1.82) is 0 Å². The summed E-state index contributed by atoms with van der Waals surface area (Å²) in [6.07, 6.45) is 3.44. The molecular weight excluding hydrogens is 272 g/mol. The van der Waals surface area contributed by atoms with Crippen LogP contribution in [0, 0.1) is 5.92 Å². The van der Waals surface area contributed by atoms with Gasteiger partial charge in [0, 0.05) is 18.7 Å². The second-order valence-electron chi connectivity index (χ2n) is 5.96. The zero-order valence-corrected chi connectivity index (χ0v) is 13.4. The highest BCUT2D eigenvalue weighted by atomic mass is 16.5. The average Bonchev–Trinajstić information content (AvgIpc) is 2.46. The molecule has 1 rings (SSSR count). The zero-order valence-electron chi connectivity index (χ0n) is 13.4. The molecule has 1 saturated heterocycles. The van der Waals surface area contributed by atoms with Crippen molar-refractivity contribution in [2.24, 2.45) is 5.92 Å². The van der Waals surface area contributed by atoms with Gasteiger partial charge in [-0.1, -0.05) is 13.8 Å². The van der Waals surface area contributed by atoms with Crippen LogP contribution in [-0.4, -0.2) is 41.4 Å². The number of ether oxygens (including phenoxy) is 1. The van der Waals surface area contributed by atoms with E-state index in [0.717, 1.165) is 25.7 Å². The number of carbonyl (C=O) groups is 2. The number of hydrogen-bond donors (Lipinski definition) is 3. The summed E-state index contributed by atoms with van der Waals surface area (Å²) >= 11 is 0. The van der Waals surface area contributed by atoms with Crippen molar-refractivity contribution in [2.45, 2.75) is 71.1 Å². The van der Waals surface area contributed by atoms with Crippen LogP contribution in [0.3, 0.4) is 0 Å². The first-order valence-electron chi connectivity index (χ1n) is 7.77. The van der Waals surface area contributed by atoms with Gasteiger partial charge in [-0.2, -0.15) is 0 Å². The lowest BCUT2D eigenvalue weighted by molar-refractivity contribution is -0.141. The van der Waals surface area contributed by atoms with Crippen LogP contribution in [0.15, 0.2) is 0 Å². The van der Waals surface area contributed by atoms with Crippen LogP contribution in [0.5, 0.6) is 0 Å². The van der Waals surface area contributed by atoms with Crippen LogP contribution in [0.25, 0.3) is 0 Å². The average molecular weight is 300 g/mol. The van der Waals surface area contributed by atoms with Crippen LogP contribution in [0.1, 0.15) is 53.4 Å². The molecule has 3 N–H and O–H groups in total. The van der Waals surface area contributed by atoms with E-state index in [0.29, 0.717) is 6.61 Å². The van der Waals surface area contributed by atoms with Gasteiger partial charge in [0.15, 0.2) is 0 Å². The third kappa shape index (κ3) is 4.88. The molecule has 1 aliphatic rings. The van der Waals surface area contributed by atoms with E-state index in [1.54, 1.807) is 13.8 Å². The summed E-state index contributed by atoms with van der Waals surface area (Å²) in [6.45, 7) is 8.13. The molecule has 1 fully saturated rings. The Balaban J connectivity index is 2.49. The van der Waals surface area contributed by atoms with Crippen molar-refractivity contribution in [1.82, 2.24) is 10.6 Å². The zero-order chi connectivity index (χ0) is 16.0.